The summed E-state index contributed by atoms with van der Waals surface area (Å²) in [7, 11) is 0.576. The normalized spacial score (nSPS) is 17.4. The first kappa shape index (κ1) is 22.9. The van der Waals surface area contributed by atoms with Gasteiger partial charge in [0.15, 0.2) is 0 Å². The van der Waals surface area contributed by atoms with E-state index in [1.54, 1.807) is 23.3 Å². The number of hydrogen-bond acceptors (Lipinski definition) is 5. The van der Waals surface area contributed by atoms with E-state index in [-0.39, 0.29) is 24.1 Å². The molecular weight excluding hydrogens is 462 g/mol. The Kier molecular flexibility index (Phi) is 5.94. The number of sulfonamides is 1. The van der Waals surface area contributed by atoms with Crippen LogP contribution in [0.4, 0.5) is 5.69 Å². The topological polar surface area (TPSA) is 97.9 Å². The van der Waals surface area contributed by atoms with Crippen LogP contribution in [-0.2, 0) is 14.8 Å². The van der Waals surface area contributed by atoms with Crippen LogP contribution in [0.5, 0.6) is 0 Å². The molecule has 9 heteroatoms. The molecule has 0 saturated carbocycles. The van der Waals surface area contributed by atoms with E-state index < -0.39 is 10.0 Å². The van der Waals surface area contributed by atoms with E-state index in [9.17, 15) is 13.2 Å². The van der Waals surface area contributed by atoms with Gasteiger partial charge in [-0.15, -0.1) is 4.40 Å². The number of H-pyrrole nitrogens is 1. The van der Waals surface area contributed by atoms with E-state index in [1.807, 2.05) is 38.5 Å². The van der Waals surface area contributed by atoms with Crippen molar-refractivity contribution in [2.75, 3.05) is 37.8 Å². The van der Waals surface area contributed by atoms with E-state index in [1.165, 1.54) is 0 Å². The fraction of sp³-hybridized carbons (Fsp3) is 0.231. The number of aromatic nitrogens is 1. The van der Waals surface area contributed by atoms with Crippen molar-refractivity contribution in [3.05, 3.63) is 89.8 Å². The standard InChI is InChI=1S/C26H27N5O3S/c1-30(2)20-10-7-18(8-11-20)22(23-16-27-24-6-4-3-5-21(23)24)15-28-26(32)19-9-12-25-29-35(33,34)14-13-31(25)17-19/h3-12,16-17,22,27H,13-15H2,1-2H3,(H,28,32). The Labute approximate surface area is 204 Å². The molecule has 5 rings (SSSR count). The van der Waals surface area contributed by atoms with Gasteiger partial charge < -0.3 is 20.1 Å². The molecule has 1 amide bonds. The largest absolute Gasteiger partial charge is 0.378 e. The number of fused-ring (bicyclic) bond motifs is 2. The van der Waals surface area contributed by atoms with Crippen LogP contribution in [0.15, 0.2) is 83.1 Å². The molecule has 35 heavy (non-hydrogen) atoms. The minimum Gasteiger partial charge on any atom is -0.378 e. The van der Waals surface area contributed by atoms with Gasteiger partial charge in [-0.3, -0.25) is 4.79 Å². The third-order valence-corrected chi connectivity index (χ3v) is 7.53. The van der Waals surface area contributed by atoms with Gasteiger partial charge in [0.2, 0.25) is 0 Å². The molecule has 2 aliphatic rings. The second-order valence-corrected chi connectivity index (χ2v) is 10.6. The number of rotatable bonds is 6. The van der Waals surface area contributed by atoms with Crippen LogP contribution >= 0.6 is 0 Å². The minimum atomic E-state index is -3.44. The summed E-state index contributed by atoms with van der Waals surface area (Å²) in [5.41, 5.74) is 4.83. The Morgan fingerprint density at radius 1 is 1.14 bits per heavy atom. The van der Waals surface area contributed by atoms with Crippen molar-refractivity contribution in [3.63, 3.8) is 0 Å². The maximum Gasteiger partial charge on any atom is 0.256 e. The van der Waals surface area contributed by atoms with Crippen molar-refractivity contribution in [3.8, 4) is 0 Å². The van der Waals surface area contributed by atoms with Crippen LogP contribution in [0, 0.1) is 0 Å². The van der Waals surface area contributed by atoms with Crippen LogP contribution in [0.3, 0.4) is 0 Å². The molecule has 2 N–H and O–H groups in total. The summed E-state index contributed by atoms with van der Waals surface area (Å²) in [5, 5.41) is 4.21. The van der Waals surface area contributed by atoms with Crippen LogP contribution in [0.25, 0.3) is 10.9 Å². The van der Waals surface area contributed by atoms with Gasteiger partial charge in [0, 0.05) is 62.1 Å². The number of anilines is 1. The number of nitrogens with one attached hydrogen (secondary N) is 2. The molecule has 0 fully saturated rings. The van der Waals surface area contributed by atoms with Gasteiger partial charge >= 0.3 is 0 Å². The average molecular weight is 490 g/mol. The van der Waals surface area contributed by atoms with Gasteiger partial charge in [-0.1, -0.05) is 30.3 Å². The summed E-state index contributed by atoms with van der Waals surface area (Å²) < 4.78 is 27.3. The SMILES string of the molecule is CN(C)c1ccc(C(CNC(=O)C2=CN3CCS(=O)(=O)N=C3C=C2)c2c[nH]c3ccccc23)cc1. The molecule has 180 valence electrons. The summed E-state index contributed by atoms with van der Waals surface area (Å²) in [6.45, 7) is 0.682. The highest BCUT2D eigenvalue weighted by Gasteiger charge is 2.26. The van der Waals surface area contributed by atoms with Crippen LogP contribution in [0.1, 0.15) is 17.0 Å². The summed E-state index contributed by atoms with van der Waals surface area (Å²) in [6, 6.07) is 16.5. The second kappa shape index (κ2) is 9.07. The molecule has 0 spiro atoms. The first-order valence-corrected chi connectivity index (χ1v) is 13.0. The fourth-order valence-corrected chi connectivity index (χ4v) is 5.40. The molecule has 0 saturated heterocycles. The zero-order valence-corrected chi connectivity index (χ0v) is 20.4. The van der Waals surface area contributed by atoms with Gasteiger partial charge in [-0.25, -0.2) is 8.42 Å². The first-order valence-electron chi connectivity index (χ1n) is 11.4. The monoisotopic (exact) mass is 489 g/mol. The number of benzene rings is 2. The summed E-state index contributed by atoms with van der Waals surface area (Å²) in [5.74, 6) is -0.00733. The van der Waals surface area contributed by atoms with Gasteiger partial charge in [-0.05, 0) is 41.5 Å². The maximum atomic E-state index is 13.1. The van der Waals surface area contributed by atoms with Crippen LogP contribution in [-0.4, -0.2) is 63.0 Å². The zero-order valence-electron chi connectivity index (χ0n) is 19.6. The molecule has 3 aromatic rings. The van der Waals surface area contributed by atoms with Crippen LogP contribution < -0.4 is 10.2 Å². The summed E-state index contributed by atoms with van der Waals surface area (Å²) >= 11 is 0. The van der Waals surface area contributed by atoms with Gasteiger partial charge in [-0.2, -0.15) is 0 Å². The molecular formula is C26H27N5O3S. The number of para-hydroxylation sites is 1. The van der Waals surface area contributed by atoms with Crippen molar-refractivity contribution in [1.82, 2.24) is 15.2 Å². The quantitative estimate of drug-likeness (QED) is 0.555. The van der Waals surface area contributed by atoms with Crippen molar-refractivity contribution in [2.45, 2.75) is 5.92 Å². The third kappa shape index (κ3) is 4.72. The van der Waals surface area contributed by atoms with Crippen molar-refractivity contribution < 1.29 is 13.2 Å². The maximum absolute atomic E-state index is 13.1. The number of amides is 1. The second-order valence-electron chi connectivity index (χ2n) is 8.88. The van der Waals surface area contributed by atoms with Crippen molar-refractivity contribution in [1.29, 1.82) is 0 Å². The molecule has 1 aromatic heterocycles. The highest BCUT2D eigenvalue weighted by atomic mass is 32.2. The smallest absolute Gasteiger partial charge is 0.256 e. The molecule has 2 aromatic carbocycles. The number of amidine groups is 1. The predicted octanol–water partition coefficient (Wildman–Crippen LogP) is 2.98. The van der Waals surface area contributed by atoms with Crippen molar-refractivity contribution in [2.24, 2.45) is 4.40 Å². The number of carbonyl (C=O) groups is 1. The molecule has 1 atom stereocenters. The van der Waals surface area contributed by atoms with Gasteiger partial charge in [0.25, 0.3) is 15.9 Å². The van der Waals surface area contributed by atoms with Gasteiger partial charge in [0.05, 0.1) is 11.3 Å². The highest BCUT2D eigenvalue weighted by molar-refractivity contribution is 7.90. The average Bonchev–Trinajstić information content (AvgIpc) is 3.27. The minimum absolute atomic E-state index is 0.0586. The fourth-order valence-electron chi connectivity index (χ4n) is 4.43. The van der Waals surface area contributed by atoms with E-state index >= 15 is 0 Å². The lowest BCUT2D eigenvalue weighted by Crippen LogP contribution is -2.38. The molecule has 8 nitrogen and oxygen atoms in total. The van der Waals surface area contributed by atoms with Crippen molar-refractivity contribution >= 4 is 38.4 Å². The lowest BCUT2D eigenvalue weighted by Gasteiger charge is -2.27. The Hall–Kier alpha value is -3.85. The Morgan fingerprint density at radius 2 is 1.91 bits per heavy atom. The highest BCUT2D eigenvalue weighted by Crippen LogP contribution is 2.31. The lowest BCUT2D eigenvalue weighted by molar-refractivity contribution is -0.117. The number of nitrogens with zero attached hydrogens (tertiary/aromatic N) is 3. The molecule has 0 aliphatic carbocycles. The number of carbonyl (C=O) groups excluding carboxylic acids is 1. The zero-order chi connectivity index (χ0) is 24.6. The van der Waals surface area contributed by atoms with Crippen LogP contribution in [0.2, 0.25) is 0 Å². The molecule has 0 bridgehead atoms. The molecule has 3 heterocycles. The van der Waals surface area contributed by atoms with Gasteiger partial charge in [0.1, 0.15) is 5.84 Å². The Balaban J connectivity index is 1.40. The first-order chi connectivity index (χ1) is 16.8. The third-order valence-electron chi connectivity index (χ3n) is 6.36. The van der Waals surface area contributed by atoms with E-state index in [0.717, 1.165) is 27.7 Å². The number of hydrogen-bond donors (Lipinski definition) is 2. The summed E-state index contributed by atoms with van der Waals surface area (Å²) in [6.07, 6.45) is 6.86. The van der Waals surface area contributed by atoms with E-state index in [0.29, 0.717) is 18.0 Å². The number of aromatic amines is 1. The predicted molar refractivity (Wildman–Crippen MR) is 139 cm³/mol. The Morgan fingerprint density at radius 3 is 2.69 bits per heavy atom. The molecule has 2 aliphatic heterocycles. The molecule has 0 radical (unpaired) electrons. The Bertz CT molecular complexity index is 1470. The summed E-state index contributed by atoms with van der Waals surface area (Å²) in [4.78, 5) is 20.2. The molecule has 1 unspecified atom stereocenters. The van der Waals surface area contributed by atoms with E-state index in [4.69, 9.17) is 0 Å². The lowest BCUT2D eigenvalue weighted by atomic mass is 9.90. The van der Waals surface area contributed by atoms with E-state index in [2.05, 4.69) is 49.9 Å².